The molecule has 0 fully saturated rings. The molecule has 0 aliphatic rings. The number of ether oxygens (including phenoxy) is 1. The van der Waals surface area contributed by atoms with E-state index in [0.717, 1.165) is 17.5 Å². The van der Waals surface area contributed by atoms with Gasteiger partial charge in [0, 0.05) is 0 Å². The van der Waals surface area contributed by atoms with Crippen molar-refractivity contribution in [2.45, 2.75) is 39.8 Å². The van der Waals surface area contributed by atoms with Gasteiger partial charge in [-0.05, 0) is 54.7 Å². The molecule has 1 N–H and O–H groups in total. The largest absolute Gasteiger partial charge is 0.488 e. The number of amides is 1. The van der Waals surface area contributed by atoms with Crippen LogP contribution in [-0.4, -0.2) is 5.91 Å². The minimum absolute atomic E-state index is 0.0334. The van der Waals surface area contributed by atoms with Crippen LogP contribution in [0.4, 0.5) is 0 Å². The van der Waals surface area contributed by atoms with Crippen LogP contribution in [0.5, 0.6) is 5.75 Å². The molecule has 1 amide bonds. The lowest BCUT2D eigenvalue weighted by atomic mass is 9.99. The van der Waals surface area contributed by atoms with Gasteiger partial charge in [0.2, 0.25) is 0 Å². The third-order valence-electron chi connectivity index (χ3n) is 5.02. The molecule has 0 saturated carbocycles. The van der Waals surface area contributed by atoms with E-state index in [-0.39, 0.29) is 11.9 Å². The third-order valence-corrected chi connectivity index (χ3v) is 5.02. The van der Waals surface area contributed by atoms with Gasteiger partial charge in [0.05, 0.1) is 11.6 Å². The smallest absolute Gasteiger partial charge is 0.255 e. The lowest BCUT2D eigenvalue weighted by Crippen LogP contribution is -2.28. The van der Waals surface area contributed by atoms with E-state index in [9.17, 15) is 4.79 Å². The molecule has 0 radical (unpaired) electrons. The Labute approximate surface area is 167 Å². The molecule has 3 aromatic carbocycles. The van der Waals surface area contributed by atoms with Gasteiger partial charge in [0.1, 0.15) is 12.4 Å². The van der Waals surface area contributed by atoms with Crippen molar-refractivity contribution in [3.63, 3.8) is 0 Å². The summed E-state index contributed by atoms with van der Waals surface area (Å²) in [4.78, 5) is 13.0. The Kier molecular flexibility index (Phi) is 6.49. The van der Waals surface area contributed by atoms with Gasteiger partial charge in [-0.15, -0.1) is 0 Å². The molecular formula is C25H27NO2. The minimum Gasteiger partial charge on any atom is -0.488 e. The first-order valence-corrected chi connectivity index (χ1v) is 9.72. The molecule has 28 heavy (non-hydrogen) atoms. The summed E-state index contributed by atoms with van der Waals surface area (Å²) in [6.07, 6.45) is 0.821. The van der Waals surface area contributed by atoms with Gasteiger partial charge in [-0.1, -0.05) is 67.6 Å². The number of hydrogen-bond donors (Lipinski definition) is 1. The lowest BCUT2D eigenvalue weighted by molar-refractivity contribution is 0.0931. The van der Waals surface area contributed by atoms with E-state index >= 15 is 0 Å². The second kappa shape index (κ2) is 9.23. The standard InChI is InChI=1S/C25H27NO2/c1-4-23(21-15-14-18(2)19(3)16-21)26-25(27)22-12-8-9-13-24(22)28-17-20-10-6-5-7-11-20/h5-16,23H,4,17H2,1-3H3,(H,26,27)/t23-/m1/s1. The Bertz CT molecular complexity index is 934. The van der Waals surface area contributed by atoms with Crippen molar-refractivity contribution in [1.82, 2.24) is 5.32 Å². The Morgan fingerprint density at radius 2 is 1.64 bits per heavy atom. The first kappa shape index (κ1) is 19.7. The van der Waals surface area contributed by atoms with E-state index in [1.54, 1.807) is 0 Å². The summed E-state index contributed by atoms with van der Waals surface area (Å²) in [5.74, 6) is 0.479. The normalized spacial score (nSPS) is 11.7. The Hall–Kier alpha value is -3.07. The highest BCUT2D eigenvalue weighted by Gasteiger charge is 2.17. The predicted octanol–water partition coefficient (Wildman–Crippen LogP) is 5.76. The third kappa shape index (κ3) is 4.80. The molecule has 3 rings (SSSR count). The van der Waals surface area contributed by atoms with Crippen LogP contribution in [0, 0.1) is 13.8 Å². The fourth-order valence-electron chi connectivity index (χ4n) is 3.15. The first-order valence-electron chi connectivity index (χ1n) is 9.72. The zero-order chi connectivity index (χ0) is 19.9. The summed E-state index contributed by atoms with van der Waals surface area (Å²) in [7, 11) is 0. The Balaban J connectivity index is 1.75. The maximum absolute atomic E-state index is 13.0. The molecule has 0 aromatic heterocycles. The molecule has 0 unspecified atom stereocenters. The number of nitrogens with one attached hydrogen (secondary N) is 1. The highest BCUT2D eigenvalue weighted by Crippen LogP contribution is 2.23. The minimum atomic E-state index is -0.117. The highest BCUT2D eigenvalue weighted by molar-refractivity contribution is 5.97. The molecule has 0 heterocycles. The van der Waals surface area contributed by atoms with Crippen LogP contribution in [0.1, 0.15) is 52.0 Å². The molecule has 0 aliphatic heterocycles. The fourth-order valence-corrected chi connectivity index (χ4v) is 3.15. The summed E-state index contributed by atoms with van der Waals surface area (Å²) < 4.78 is 5.94. The quantitative estimate of drug-likeness (QED) is 0.571. The van der Waals surface area contributed by atoms with Crippen molar-refractivity contribution in [1.29, 1.82) is 0 Å². The van der Waals surface area contributed by atoms with Crippen molar-refractivity contribution < 1.29 is 9.53 Å². The van der Waals surface area contributed by atoms with E-state index in [1.807, 2.05) is 54.6 Å². The fraction of sp³-hybridized carbons (Fsp3) is 0.240. The van der Waals surface area contributed by atoms with Crippen LogP contribution in [-0.2, 0) is 6.61 Å². The summed E-state index contributed by atoms with van der Waals surface area (Å²) in [5, 5.41) is 3.17. The average Bonchev–Trinajstić information content (AvgIpc) is 2.73. The Morgan fingerprint density at radius 1 is 0.929 bits per heavy atom. The average molecular weight is 373 g/mol. The van der Waals surface area contributed by atoms with Crippen molar-refractivity contribution in [2.24, 2.45) is 0 Å². The van der Waals surface area contributed by atoms with Crippen molar-refractivity contribution in [3.8, 4) is 5.75 Å². The number of rotatable bonds is 7. The second-order valence-electron chi connectivity index (χ2n) is 7.05. The first-order chi connectivity index (χ1) is 13.6. The van der Waals surface area contributed by atoms with Crippen LogP contribution in [0.25, 0.3) is 0 Å². The maximum atomic E-state index is 13.0. The van der Waals surface area contributed by atoms with Gasteiger partial charge in [-0.3, -0.25) is 4.79 Å². The molecule has 3 nitrogen and oxygen atoms in total. The molecule has 0 aliphatic carbocycles. The van der Waals surface area contributed by atoms with Crippen LogP contribution >= 0.6 is 0 Å². The van der Waals surface area contributed by atoms with Gasteiger partial charge in [0.15, 0.2) is 0 Å². The summed E-state index contributed by atoms with van der Waals surface area (Å²) in [6.45, 7) is 6.70. The summed E-state index contributed by atoms with van der Waals surface area (Å²) in [5.41, 5.74) is 5.24. The van der Waals surface area contributed by atoms with Gasteiger partial charge >= 0.3 is 0 Å². The second-order valence-corrected chi connectivity index (χ2v) is 7.05. The predicted molar refractivity (Wildman–Crippen MR) is 114 cm³/mol. The molecule has 3 aromatic rings. The van der Waals surface area contributed by atoms with Gasteiger partial charge in [-0.25, -0.2) is 0 Å². The summed E-state index contributed by atoms with van der Waals surface area (Å²) >= 11 is 0. The molecule has 3 heteroatoms. The van der Waals surface area contributed by atoms with Crippen molar-refractivity contribution >= 4 is 5.91 Å². The monoisotopic (exact) mass is 373 g/mol. The SMILES string of the molecule is CC[C@@H](NC(=O)c1ccccc1OCc1ccccc1)c1ccc(C)c(C)c1. The van der Waals surface area contributed by atoms with Gasteiger partial charge in [-0.2, -0.15) is 0 Å². The Morgan fingerprint density at radius 3 is 2.36 bits per heavy atom. The van der Waals surface area contributed by atoms with Crippen LogP contribution < -0.4 is 10.1 Å². The van der Waals surface area contributed by atoms with E-state index in [4.69, 9.17) is 4.74 Å². The number of para-hydroxylation sites is 1. The van der Waals surface area contributed by atoms with Crippen LogP contribution in [0.3, 0.4) is 0 Å². The van der Waals surface area contributed by atoms with E-state index in [2.05, 4.69) is 44.3 Å². The zero-order valence-electron chi connectivity index (χ0n) is 16.7. The summed E-state index contributed by atoms with van der Waals surface area (Å²) in [6, 6.07) is 23.7. The van der Waals surface area contributed by atoms with E-state index in [0.29, 0.717) is 17.9 Å². The number of carbonyl (C=O) groups is 1. The van der Waals surface area contributed by atoms with Crippen LogP contribution in [0.15, 0.2) is 72.8 Å². The number of benzene rings is 3. The lowest BCUT2D eigenvalue weighted by Gasteiger charge is -2.20. The van der Waals surface area contributed by atoms with Gasteiger partial charge < -0.3 is 10.1 Å². The molecular weight excluding hydrogens is 346 g/mol. The molecule has 0 bridgehead atoms. The van der Waals surface area contributed by atoms with Crippen LogP contribution in [0.2, 0.25) is 0 Å². The van der Waals surface area contributed by atoms with E-state index in [1.165, 1.54) is 11.1 Å². The van der Waals surface area contributed by atoms with Gasteiger partial charge in [0.25, 0.3) is 5.91 Å². The topological polar surface area (TPSA) is 38.3 Å². The molecule has 0 saturated heterocycles. The van der Waals surface area contributed by atoms with Crippen molar-refractivity contribution in [2.75, 3.05) is 0 Å². The molecule has 1 atom stereocenters. The maximum Gasteiger partial charge on any atom is 0.255 e. The number of hydrogen-bond acceptors (Lipinski definition) is 2. The number of carbonyl (C=O) groups excluding carboxylic acids is 1. The molecule has 0 spiro atoms. The van der Waals surface area contributed by atoms with Crippen molar-refractivity contribution in [3.05, 3.63) is 101 Å². The highest BCUT2D eigenvalue weighted by atomic mass is 16.5. The number of aryl methyl sites for hydroxylation is 2. The zero-order valence-corrected chi connectivity index (χ0v) is 16.7. The molecule has 144 valence electrons. The van der Waals surface area contributed by atoms with E-state index < -0.39 is 0 Å².